The molecule has 0 unspecified atom stereocenters. The van der Waals surface area contributed by atoms with Crippen molar-refractivity contribution in [2.24, 2.45) is 0 Å². The predicted octanol–water partition coefficient (Wildman–Crippen LogP) is 4.61. The Morgan fingerprint density at radius 3 is 2.54 bits per heavy atom. The maximum absolute atomic E-state index is 12.6. The van der Waals surface area contributed by atoms with Gasteiger partial charge in [-0.2, -0.15) is 4.98 Å². The molecule has 138 valence electrons. The van der Waals surface area contributed by atoms with Crippen LogP contribution in [0.25, 0.3) is 23.0 Å². The van der Waals surface area contributed by atoms with Gasteiger partial charge in [0.2, 0.25) is 5.82 Å². The van der Waals surface area contributed by atoms with Crippen molar-refractivity contribution in [1.29, 1.82) is 0 Å². The van der Waals surface area contributed by atoms with Crippen molar-refractivity contribution in [2.75, 3.05) is 5.32 Å². The van der Waals surface area contributed by atoms with Crippen molar-refractivity contribution in [1.82, 2.24) is 15.1 Å². The van der Waals surface area contributed by atoms with Crippen LogP contribution in [0.1, 0.15) is 22.8 Å². The fourth-order valence-electron chi connectivity index (χ4n) is 2.80. The number of pyridine rings is 1. The Kier molecular flexibility index (Phi) is 4.93. The van der Waals surface area contributed by atoms with Crippen molar-refractivity contribution in [3.63, 3.8) is 0 Å². The molecule has 6 nitrogen and oxygen atoms in total. The van der Waals surface area contributed by atoms with E-state index in [1.54, 1.807) is 12.3 Å². The molecule has 1 amide bonds. The van der Waals surface area contributed by atoms with Crippen molar-refractivity contribution in [3.8, 4) is 23.0 Å². The molecule has 0 bridgehead atoms. The van der Waals surface area contributed by atoms with Gasteiger partial charge in [-0.15, -0.1) is 0 Å². The molecule has 6 heteroatoms. The molecule has 0 atom stereocenters. The minimum Gasteiger partial charge on any atom is -0.333 e. The van der Waals surface area contributed by atoms with Crippen LogP contribution >= 0.6 is 0 Å². The highest BCUT2D eigenvalue weighted by Crippen LogP contribution is 2.28. The number of nitrogens with one attached hydrogen (secondary N) is 1. The van der Waals surface area contributed by atoms with Crippen molar-refractivity contribution >= 4 is 11.6 Å². The van der Waals surface area contributed by atoms with E-state index in [-0.39, 0.29) is 5.91 Å². The average molecular weight is 370 g/mol. The summed E-state index contributed by atoms with van der Waals surface area (Å²) in [5, 5.41) is 6.93. The zero-order chi connectivity index (χ0) is 19.3. The first-order chi connectivity index (χ1) is 13.7. The van der Waals surface area contributed by atoms with Gasteiger partial charge in [0.05, 0.1) is 11.3 Å². The highest BCUT2D eigenvalue weighted by Gasteiger charge is 2.16. The fourth-order valence-corrected chi connectivity index (χ4v) is 2.80. The lowest BCUT2D eigenvalue weighted by Crippen LogP contribution is -2.12. The molecule has 0 fully saturated rings. The van der Waals surface area contributed by atoms with Gasteiger partial charge in [-0.3, -0.25) is 9.78 Å². The number of anilines is 1. The Hall–Kier alpha value is -3.80. The third-order valence-electron chi connectivity index (χ3n) is 4.35. The summed E-state index contributed by atoms with van der Waals surface area (Å²) in [5.74, 6) is 0.518. The molecule has 4 aromatic rings. The summed E-state index contributed by atoms with van der Waals surface area (Å²) in [7, 11) is 0. The number of carbonyl (C=O) groups excluding carboxylic acids is 1. The third-order valence-corrected chi connectivity index (χ3v) is 4.35. The maximum atomic E-state index is 12.6. The highest BCUT2D eigenvalue weighted by atomic mass is 16.5. The number of amides is 1. The van der Waals surface area contributed by atoms with Crippen LogP contribution in [0, 0.1) is 0 Å². The van der Waals surface area contributed by atoms with E-state index in [2.05, 4.69) is 27.4 Å². The summed E-state index contributed by atoms with van der Waals surface area (Å²) in [4.78, 5) is 21.3. The SMILES string of the molecule is CCc1ccc(C(=O)Nc2ccccc2-c2nc(-c3ccccn3)no2)cc1. The van der Waals surface area contributed by atoms with Crippen LogP contribution in [0.2, 0.25) is 0 Å². The molecule has 28 heavy (non-hydrogen) atoms. The first-order valence-electron chi connectivity index (χ1n) is 8.99. The van der Waals surface area contributed by atoms with Crippen LogP contribution in [0.4, 0.5) is 5.69 Å². The number of benzene rings is 2. The number of hydrogen-bond acceptors (Lipinski definition) is 5. The number of hydrogen-bond donors (Lipinski definition) is 1. The predicted molar refractivity (Wildman–Crippen MR) is 107 cm³/mol. The molecule has 0 aliphatic heterocycles. The van der Waals surface area contributed by atoms with Crippen LogP contribution in [0.15, 0.2) is 77.4 Å². The van der Waals surface area contributed by atoms with Gasteiger partial charge in [-0.05, 0) is 48.4 Å². The lowest BCUT2D eigenvalue weighted by Gasteiger charge is -2.09. The van der Waals surface area contributed by atoms with E-state index in [0.717, 1.165) is 6.42 Å². The summed E-state index contributed by atoms with van der Waals surface area (Å²) in [5.41, 5.74) is 3.64. The molecule has 0 radical (unpaired) electrons. The van der Waals surface area contributed by atoms with Crippen LogP contribution in [-0.4, -0.2) is 21.0 Å². The number of aromatic nitrogens is 3. The standard InChI is InChI=1S/C22H18N4O2/c1-2-15-10-12-16(13-11-15)21(27)24-18-8-4-3-7-17(18)22-25-20(26-28-22)19-9-5-6-14-23-19/h3-14H,2H2,1H3,(H,24,27). The summed E-state index contributed by atoms with van der Waals surface area (Å²) < 4.78 is 5.41. The monoisotopic (exact) mass is 370 g/mol. The van der Waals surface area contributed by atoms with Gasteiger partial charge in [-0.25, -0.2) is 0 Å². The zero-order valence-electron chi connectivity index (χ0n) is 15.3. The van der Waals surface area contributed by atoms with E-state index >= 15 is 0 Å². The summed E-state index contributed by atoms with van der Waals surface area (Å²) in [6, 6.07) is 20.4. The Morgan fingerprint density at radius 2 is 1.79 bits per heavy atom. The second-order valence-electron chi connectivity index (χ2n) is 6.19. The smallest absolute Gasteiger partial charge is 0.260 e. The average Bonchev–Trinajstić information content (AvgIpc) is 3.25. The molecular formula is C22H18N4O2. The summed E-state index contributed by atoms with van der Waals surface area (Å²) in [6.45, 7) is 2.08. The Morgan fingerprint density at radius 1 is 1.00 bits per heavy atom. The second kappa shape index (κ2) is 7.84. The lowest BCUT2D eigenvalue weighted by atomic mass is 10.1. The minimum absolute atomic E-state index is 0.195. The van der Waals surface area contributed by atoms with Gasteiger partial charge in [0.1, 0.15) is 5.69 Å². The van der Waals surface area contributed by atoms with E-state index < -0.39 is 0 Å². The lowest BCUT2D eigenvalue weighted by molar-refractivity contribution is 0.102. The summed E-state index contributed by atoms with van der Waals surface area (Å²) >= 11 is 0. The van der Waals surface area contributed by atoms with E-state index in [1.165, 1.54) is 5.56 Å². The molecule has 2 aromatic carbocycles. The van der Waals surface area contributed by atoms with Gasteiger partial charge in [0, 0.05) is 11.8 Å². The number of para-hydroxylation sites is 1. The second-order valence-corrected chi connectivity index (χ2v) is 6.19. The third kappa shape index (κ3) is 3.66. The normalized spacial score (nSPS) is 10.6. The Bertz CT molecular complexity index is 1090. The molecule has 0 aliphatic rings. The summed E-state index contributed by atoms with van der Waals surface area (Å²) in [6.07, 6.45) is 2.60. The first kappa shape index (κ1) is 17.6. The number of rotatable bonds is 5. The number of aryl methyl sites for hydroxylation is 1. The van der Waals surface area contributed by atoms with E-state index in [0.29, 0.717) is 34.2 Å². The number of carbonyl (C=O) groups is 1. The molecule has 0 aliphatic carbocycles. The molecule has 0 spiro atoms. The van der Waals surface area contributed by atoms with Gasteiger partial charge in [0.15, 0.2) is 0 Å². The van der Waals surface area contributed by atoms with E-state index in [4.69, 9.17) is 4.52 Å². The number of nitrogens with zero attached hydrogens (tertiary/aromatic N) is 3. The molecule has 1 N–H and O–H groups in total. The zero-order valence-corrected chi connectivity index (χ0v) is 15.3. The highest BCUT2D eigenvalue weighted by molar-refractivity contribution is 6.06. The van der Waals surface area contributed by atoms with Crippen molar-refractivity contribution in [2.45, 2.75) is 13.3 Å². The van der Waals surface area contributed by atoms with Gasteiger partial charge in [0.25, 0.3) is 11.8 Å². The van der Waals surface area contributed by atoms with Crippen LogP contribution in [0.5, 0.6) is 0 Å². The maximum Gasteiger partial charge on any atom is 0.260 e. The Balaban J connectivity index is 1.60. The molecule has 0 saturated carbocycles. The molecule has 0 saturated heterocycles. The fraction of sp³-hybridized carbons (Fsp3) is 0.0909. The minimum atomic E-state index is -0.195. The largest absolute Gasteiger partial charge is 0.333 e. The van der Waals surface area contributed by atoms with Gasteiger partial charge >= 0.3 is 0 Å². The van der Waals surface area contributed by atoms with Gasteiger partial charge < -0.3 is 9.84 Å². The van der Waals surface area contributed by atoms with Crippen LogP contribution < -0.4 is 5.32 Å². The van der Waals surface area contributed by atoms with E-state index in [1.807, 2.05) is 60.7 Å². The molecule has 4 rings (SSSR count). The molecular weight excluding hydrogens is 352 g/mol. The molecule has 2 heterocycles. The topological polar surface area (TPSA) is 80.9 Å². The van der Waals surface area contributed by atoms with E-state index in [9.17, 15) is 4.79 Å². The quantitative estimate of drug-likeness (QED) is 0.555. The van der Waals surface area contributed by atoms with Gasteiger partial charge in [-0.1, -0.05) is 42.4 Å². The Labute approximate surface area is 162 Å². The molecule has 2 aromatic heterocycles. The van der Waals surface area contributed by atoms with Crippen LogP contribution in [0.3, 0.4) is 0 Å². The first-order valence-corrected chi connectivity index (χ1v) is 8.99. The van der Waals surface area contributed by atoms with Crippen molar-refractivity contribution < 1.29 is 9.32 Å². The van der Waals surface area contributed by atoms with Crippen molar-refractivity contribution in [3.05, 3.63) is 84.1 Å². The van der Waals surface area contributed by atoms with Crippen LogP contribution in [-0.2, 0) is 6.42 Å².